The number of para-hydroxylation sites is 3. The molecule has 0 unspecified atom stereocenters. The first-order valence-electron chi connectivity index (χ1n) is 11.3. The Bertz CT molecular complexity index is 1380. The number of rotatable bonds is 7. The van der Waals surface area contributed by atoms with Gasteiger partial charge in [-0.15, -0.1) is 0 Å². The molecule has 0 saturated carbocycles. The number of nitro groups is 1. The van der Waals surface area contributed by atoms with Gasteiger partial charge in [0.25, 0.3) is 11.6 Å². The zero-order valence-corrected chi connectivity index (χ0v) is 20.2. The van der Waals surface area contributed by atoms with Crippen LogP contribution in [0.5, 0.6) is 17.2 Å². The molecule has 0 bridgehead atoms. The number of imide groups is 1. The van der Waals surface area contributed by atoms with E-state index in [-0.39, 0.29) is 28.4 Å². The number of nitro benzene ring substituents is 1. The molecule has 0 N–H and O–H groups in total. The summed E-state index contributed by atoms with van der Waals surface area (Å²) in [6.45, 7) is 0. The van der Waals surface area contributed by atoms with Crippen molar-refractivity contribution in [2.24, 2.45) is 5.92 Å². The molecule has 2 aliphatic heterocycles. The smallest absolute Gasteiger partial charge is 0.278 e. The zero-order chi connectivity index (χ0) is 26.3. The molecular formula is C26H23N3O8. The van der Waals surface area contributed by atoms with E-state index in [0.717, 1.165) is 4.90 Å². The summed E-state index contributed by atoms with van der Waals surface area (Å²) in [5.41, 5.74) is 0.631. The maximum Gasteiger partial charge on any atom is 0.278 e. The van der Waals surface area contributed by atoms with Crippen LogP contribution in [0.25, 0.3) is 0 Å². The number of hydrogen-bond donors (Lipinski definition) is 0. The lowest BCUT2D eigenvalue weighted by molar-refractivity contribution is -0.385. The summed E-state index contributed by atoms with van der Waals surface area (Å²) in [5.74, 6) is -1.52. The minimum atomic E-state index is -1.21. The summed E-state index contributed by atoms with van der Waals surface area (Å²) in [4.78, 5) is 46.2. The molecule has 3 atom stereocenters. The summed E-state index contributed by atoms with van der Waals surface area (Å²) in [6, 6.07) is 17.1. The number of carbonyl (C=O) groups is 2. The van der Waals surface area contributed by atoms with Gasteiger partial charge in [0.05, 0.1) is 49.3 Å². The van der Waals surface area contributed by atoms with Crippen molar-refractivity contribution in [2.45, 2.75) is 12.1 Å². The van der Waals surface area contributed by atoms with Crippen LogP contribution >= 0.6 is 0 Å². The van der Waals surface area contributed by atoms with Gasteiger partial charge in [-0.05, 0) is 30.3 Å². The van der Waals surface area contributed by atoms with Crippen molar-refractivity contribution in [1.82, 2.24) is 0 Å². The van der Waals surface area contributed by atoms with Crippen molar-refractivity contribution in [3.63, 3.8) is 0 Å². The highest BCUT2D eigenvalue weighted by molar-refractivity contribution is 6.24. The minimum Gasteiger partial charge on any atom is -0.495 e. The summed E-state index contributed by atoms with van der Waals surface area (Å²) in [5, 5.41) is 13.6. The number of methoxy groups -OCH3 is 3. The van der Waals surface area contributed by atoms with Gasteiger partial charge in [0.1, 0.15) is 17.7 Å². The summed E-state index contributed by atoms with van der Waals surface area (Å²) in [7, 11) is 4.22. The van der Waals surface area contributed by atoms with Gasteiger partial charge in [-0.3, -0.25) is 24.5 Å². The Hall–Kier alpha value is -4.64. The molecular weight excluding hydrogens is 482 g/mol. The highest BCUT2D eigenvalue weighted by atomic mass is 16.7. The number of nitrogens with zero attached hydrogens (tertiary/aromatic N) is 3. The van der Waals surface area contributed by atoms with E-state index in [0.29, 0.717) is 11.4 Å². The molecule has 2 saturated heterocycles. The maximum absolute atomic E-state index is 13.9. The topological polar surface area (TPSA) is 121 Å². The molecule has 3 aromatic rings. The van der Waals surface area contributed by atoms with Crippen LogP contribution in [0.3, 0.4) is 0 Å². The van der Waals surface area contributed by atoms with Crippen molar-refractivity contribution in [2.75, 3.05) is 31.3 Å². The molecule has 190 valence electrons. The number of benzene rings is 3. The summed E-state index contributed by atoms with van der Waals surface area (Å²) >= 11 is 0. The second-order valence-electron chi connectivity index (χ2n) is 8.36. The van der Waals surface area contributed by atoms with Gasteiger partial charge in [-0.1, -0.05) is 30.3 Å². The molecule has 5 rings (SSSR count). The fourth-order valence-electron chi connectivity index (χ4n) is 4.86. The van der Waals surface area contributed by atoms with E-state index in [1.807, 2.05) is 0 Å². The van der Waals surface area contributed by atoms with Gasteiger partial charge in [-0.2, -0.15) is 0 Å². The van der Waals surface area contributed by atoms with Gasteiger partial charge in [0, 0.05) is 0 Å². The predicted octanol–water partition coefficient (Wildman–Crippen LogP) is 3.67. The number of hydroxylamine groups is 1. The normalized spacial score (nSPS) is 20.7. The number of anilines is 2. The Balaban J connectivity index is 1.69. The fraction of sp³-hybridized carbons (Fsp3) is 0.231. The molecule has 3 aromatic carbocycles. The van der Waals surface area contributed by atoms with Gasteiger partial charge >= 0.3 is 0 Å². The second-order valence-corrected chi connectivity index (χ2v) is 8.36. The van der Waals surface area contributed by atoms with E-state index < -0.39 is 34.8 Å². The first-order chi connectivity index (χ1) is 17.9. The minimum absolute atomic E-state index is 0.141. The van der Waals surface area contributed by atoms with Gasteiger partial charge in [-0.25, -0.2) is 9.96 Å². The highest BCUT2D eigenvalue weighted by Crippen LogP contribution is 2.51. The van der Waals surface area contributed by atoms with Crippen LogP contribution in [0, 0.1) is 16.0 Å². The van der Waals surface area contributed by atoms with E-state index in [2.05, 4.69) is 0 Å². The third kappa shape index (κ3) is 3.80. The van der Waals surface area contributed by atoms with Gasteiger partial charge in [0.15, 0.2) is 17.6 Å². The van der Waals surface area contributed by atoms with Crippen molar-refractivity contribution >= 4 is 28.9 Å². The predicted molar refractivity (Wildman–Crippen MR) is 132 cm³/mol. The average molecular weight is 505 g/mol. The maximum atomic E-state index is 13.9. The number of hydrogen-bond acceptors (Lipinski definition) is 9. The lowest BCUT2D eigenvalue weighted by atomic mass is 9.89. The molecule has 2 fully saturated rings. The molecule has 37 heavy (non-hydrogen) atoms. The fourth-order valence-corrected chi connectivity index (χ4v) is 4.86. The second kappa shape index (κ2) is 9.43. The van der Waals surface area contributed by atoms with E-state index in [9.17, 15) is 19.7 Å². The quantitative estimate of drug-likeness (QED) is 0.269. The Morgan fingerprint density at radius 2 is 1.46 bits per heavy atom. The highest BCUT2D eigenvalue weighted by Gasteiger charge is 2.61. The van der Waals surface area contributed by atoms with Crippen molar-refractivity contribution in [1.29, 1.82) is 0 Å². The van der Waals surface area contributed by atoms with Crippen molar-refractivity contribution < 1.29 is 33.6 Å². The molecule has 11 heteroatoms. The van der Waals surface area contributed by atoms with Crippen LogP contribution in [0.4, 0.5) is 17.1 Å². The molecule has 0 spiro atoms. The SMILES string of the molecule is COc1cc([C@H]2[C@@H]3C(=O)N(c4ccccc4OC)C(=O)[C@H]3ON2c2ccccc2)c([N+](=O)[O-])cc1OC. The van der Waals surface area contributed by atoms with E-state index in [1.165, 1.54) is 38.5 Å². The molecule has 2 heterocycles. The van der Waals surface area contributed by atoms with Crippen LogP contribution in [-0.2, 0) is 14.4 Å². The largest absolute Gasteiger partial charge is 0.495 e. The summed E-state index contributed by atoms with van der Waals surface area (Å²) < 4.78 is 16.0. The zero-order valence-electron chi connectivity index (χ0n) is 20.2. The Morgan fingerprint density at radius 3 is 2.11 bits per heavy atom. The molecule has 2 aliphatic rings. The van der Waals surface area contributed by atoms with Crippen molar-refractivity contribution in [3.8, 4) is 17.2 Å². The number of carbonyl (C=O) groups excluding carboxylic acids is 2. The molecule has 0 aromatic heterocycles. The number of amides is 2. The third-order valence-electron chi connectivity index (χ3n) is 6.50. The standard InChI is InChI=1S/C26H23N3O8/c1-34-19-12-8-7-11-17(19)27-25(30)22-23(16-13-20(35-2)21(36-3)14-18(16)29(32)33)28(37-24(22)26(27)31)15-9-5-4-6-10-15/h4-14,22-24H,1-3H3/t22-,23-,24-/m0/s1. The first-order valence-corrected chi connectivity index (χ1v) is 11.3. The lowest BCUT2D eigenvalue weighted by Gasteiger charge is -2.29. The number of ether oxygens (including phenoxy) is 3. The third-order valence-corrected chi connectivity index (χ3v) is 6.50. The van der Waals surface area contributed by atoms with Crippen molar-refractivity contribution in [3.05, 3.63) is 82.4 Å². The Morgan fingerprint density at radius 1 is 0.838 bits per heavy atom. The monoisotopic (exact) mass is 505 g/mol. The Labute approximate surface area is 211 Å². The van der Waals surface area contributed by atoms with Crippen LogP contribution < -0.4 is 24.2 Å². The molecule has 11 nitrogen and oxygen atoms in total. The first kappa shape index (κ1) is 24.1. The van der Waals surface area contributed by atoms with Crippen LogP contribution in [-0.4, -0.2) is 44.2 Å². The molecule has 2 amide bonds. The van der Waals surface area contributed by atoms with E-state index in [1.54, 1.807) is 54.6 Å². The van der Waals surface area contributed by atoms with Crippen LogP contribution in [0.1, 0.15) is 11.6 Å². The Kier molecular flexibility index (Phi) is 6.14. The lowest BCUT2D eigenvalue weighted by Crippen LogP contribution is -2.37. The van der Waals surface area contributed by atoms with E-state index in [4.69, 9.17) is 19.0 Å². The molecule has 0 radical (unpaired) electrons. The van der Waals surface area contributed by atoms with Crippen LogP contribution in [0.15, 0.2) is 66.7 Å². The van der Waals surface area contributed by atoms with Gasteiger partial charge < -0.3 is 14.2 Å². The average Bonchev–Trinajstić information content (AvgIpc) is 3.43. The van der Waals surface area contributed by atoms with Crippen LogP contribution in [0.2, 0.25) is 0 Å². The summed E-state index contributed by atoms with van der Waals surface area (Å²) in [6.07, 6.45) is -1.21. The molecule has 0 aliphatic carbocycles. The van der Waals surface area contributed by atoms with Gasteiger partial charge in [0.2, 0.25) is 5.91 Å². The van der Waals surface area contributed by atoms with E-state index >= 15 is 0 Å². The number of fused-ring (bicyclic) bond motifs is 1.